The number of carbonyl (C=O) groups is 1. The topological polar surface area (TPSA) is 64.4 Å². The maximum absolute atomic E-state index is 15.7. The van der Waals surface area contributed by atoms with Crippen LogP contribution in [0.4, 0.5) is 4.39 Å². The van der Waals surface area contributed by atoms with Crippen molar-refractivity contribution in [2.45, 2.75) is 38.8 Å². The first kappa shape index (κ1) is 25.9. The molecule has 1 saturated heterocycles. The summed E-state index contributed by atoms with van der Waals surface area (Å²) in [6, 6.07) is 18.4. The summed E-state index contributed by atoms with van der Waals surface area (Å²) in [7, 11) is 0. The van der Waals surface area contributed by atoms with Gasteiger partial charge in [0.2, 0.25) is 0 Å². The molecule has 38 heavy (non-hydrogen) atoms. The SMILES string of the molecule is CC/C(=C(\c1ccc2c(cnn2C2CCCCO2)c1)c1ccc(/C=C/C(=O)O)cc1F)c1ccccc1Cl. The number of ether oxygens (including phenoxy) is 1. The van der Waals surface area contributed by atoms with Crippen LogP contribution in [0.1, 0.15) is 61.1 Å². The van der Waals surface area contributed by atoms with E-state index in [4.69, 9.17) is 21.4 Å². The maximum Gasteiger partial charge on any atom is 0.328 e. The van der Waals surface area contributed by atoms with Gasteiger partial charge in [0, 0.05) is 28.7 Å². The summed E-state index contributed by atoms with van der Waals surface area (Å²) in [5.74, 6) is -1.54. The van der Waals surface area contributed by atoms with Gasteiger partial charge in [-0.25, -0.2) is 13.9 Å². The number of nitrogens with zero attached hydrogens (tertiary/aromatic N) is 2. The van der Waals surface area contributed by atoms with Crippen LogP contribution in [0.25, 0.3) is 28.1 Å². The average Bonchev–Trinajstić information content (AvgIpc) is 3.35. The Bertz CT molecular complexity index is 1550. The van der Waals surface area contributed by atoms with E-state index in [0.717, 1.165) is 65.1 Å². The molecule has 3 aromatic carbocycles. The highest BCUT2D eigenvalue weighted by atomic mass is 35.5. The van der Waals surface area contributed by atoms with Gasteiger partial charge in [-0.3, -0.25) is 0 Å². The molecule has 0 aliphatic carbocycles. The number of hydrogen-bond donors (Lipinski definition) is 1. The van der Waals surface area contributed by atoms with Crippen LogP contribution in [-0.4, -0.2) is 27.5 Å². The van der Waals surface area contributed by atoms with Gasteiger partial charge in [0.1, 0.15) is 5.82 Å². The van der Waals surface area contributed by atoms with Gasteiger partial charge >= 0.3 is 5.97 Å². The van der Waals surface area contributed by atoms with Gasteiger partial charge in [-0.1, -0.05) is 54.9 Å². The van der Waals surface area contributed by atoms with E-state index in [0.29, 0.717) is 22.6 Å². The number of fused-ring (bicyclic) bond motifs is 1. The number of aromatic nitrogens is 2. The van der Waals surface area contributed by atoms with E-state index in [-0.39, 0.29) is 6.23 Å². The second kappa shape index (κ2) is 11.3. The Labute approximate surface area is 225 Å². The minimum atomic E-state index is -1.09. The molecule has 5 rings (SSSR count). The van der Waals surface area contributed by atoms with Gasteiger partial charge in [-0.2, -0.15) is 5.10 Å². The van der Waals surface area contributed by atoms with Gasteiger partial charge in [-0.15, -0.1) is 0 Å². The fourth-order valence-corrected chi connectivity index (χ4v) is 5.31. The zero-order valence-electron chi connectivity index (χ0n) is 21.0. The summed E-state index contributed by atoms with van der Waals surface area (Å²) < 4.78 is 23.6. The highest BCUT2D eigenvalue weighted by Gasteiger charge is 2.21. The minimum absolute atomic E-state index is 0.0831. The molecule has 1 aromatic heterocycles. The Hall–Kier alpha value is -3.74. The van der Waals surface area contributed by atoms with Crippen LogP contribution in [0, 0.1) is 5.82 Å². The van der Waals surface area contributed by atoms with Crippen LogP contribution < -0.4 is 0 Å². The number of rotatable bonds is 7. The maximum atomic E-state index is 15.7. The molecule has 1 atom stereocenters. The van der Waals surface area contributed by atoms with E-state index in [1.165, 1.54) is 12.1 Å². The van der Waals surface area contributed by atoms with E-state index in [2.05, 4.69) is 5.10 Å². The predicted octanol–water partition coefficient (Wildman–Crippen LogP) is 7.99. The molecule has 2 heterocycles. The molecule has 0 amide bonds. The van der Waals surface area contributed by atoms with Gasteiger partial charge in [0.15, 0.2) is 6.23 Å². The molecule has 194 valence electrons. The molecular formula is C31H28ClFN2O3. The van der Waals surface area contributed by atoms with Crippen LogP contribution in [0.3, 0.4) is 0 Å². The lowest BCUT2D eigenvalue weighted by Crippen LogP contribution is -2.18. The van der Waals surface area contributed by atoms with Crippen LogP contribution in [0.2, 0.25) is 5.02 Å². The lowest BCUT2D eigenvalue weighted by atomic mass is 9.87. The molecule has 1 unspecified atom stereocenters. The van der Waals surface area contributed by atoms with E-state index in [9.17, 15) is 4.79 Å². The first-order chi connectivity index (χ1) is 18.5. The molecule has 0 radical (unpaired) electrons. The Kier molecular flexibility index (Phi) is 7.72. The largest absolute Gasteiger partial charge is 0.478 e. The molecule has 4 aromatic rings. The van der Waals surface area contributed by atoms with Crippen molar-refractivity contribution in [3.63, 3.8) is 0 Å². The molecule has 0 saturated carbocycles. The average molecular weight is 531 g/mol. The Balaban J connectivity index is 1.68. The third kappa shape index (κ3) is 5.28. The zero-order valence-corrected chi connectivity index (χ0v) is 21.8. The quantitative estimate of drug-likeness (QED) is 0.194. The summed E-state index contributed by atoms with van der Waals surface area (Å²) in [6.07, 6.45) is 7.81. The molecule has 0 bridgehead atoms. The summed E-state index contributed by atoms with van der Waals surface area (Å²) >= 11 is 6.62. The van der Waals surface area contributed by atoms with Crippen molar-refractivity contribution in [2.24, 2.45) is 0 Å². The van der Waals surface area contributed by atoms with Crippen LogP contribution in [0.15, 0.2) is 72.9 Å². The first-order valence-corrected chi connectivity index (χ1v) is 13.1. The van der Waals surface area contributed by atoms with Crippen molar-refractivity contribution in [1.29, 1.82) is 0 Å². The predicted molar refractivity (Wildman–Crippen MR) is 149 cm³/mol. The number of carboxylic acids is 1. The fraction of sp³-hybridized carbons (Fsp3) is 0.226. The summed E-state index contributed by atoms with van der Waals surface area (Å²) in [6.45, 7) is 2.75. The molecule has 1 fully saturated rings. The normalized spacial score (nSPS) is 16.7. The fourth-order valence-electron chi connectivity index (χ4n) is 5.06. The second-order valence-electron chi connectivity index (χ2n) is 9.28. The highest BCUT2D eigenvalue weighted by Crippen LogP contribution is 2.39. The number of benzene rings is 3. The van der Waals surface area contributed by atoms with E-state index < -0.39 is 11.8 Å². The number of hydrogen-bond acceptors (Lipinski definition) is 3. The lowest BCUT2D eigenvalue weighted by Gasteiger charge is -2.23. The van der Waals surface area contributed by atoms with Crippen LogP contribution in [0.5, 0.6) is 0 Å². The van der Waals surface area contributed by atoms with Crippen molar-refractivity contribution in [3.05, 3.63) is 106 Å². The molecule has 1 aliphatic rings. The van der Waals surface area contributed by atoms with Crippen LogP contribution >= 0.6 is 11.6 Å². The van der Waals surface area contributed by atoms with Gasteiger partial charge in [0.05, 0.1) is 11.7 Å². The monoisotopic (exact) mass is 530 g/mol. The van der Waals surface area contributed by atoms with E-state index in [1.54, 1.807) is 12.1 Å². The standard InChI is InChI=1S/C31H28ClFN2O3/c1-2-23(24-7-3-4-8-26(24)32)31(25-13-10-20(17-27(25)33)11-15-30(36)37)21-12-14-28-22(18-21)19-34-35(28)29-9-5-6-16-38-29/h3-4,7-8,10-15,17-19,29H,2,5-6,9,16H2,1H3,(H,36,37)/b15-11+,31-23-. The smallest absolute Gasteiger partial charge is 0.328 e. The van der Waals surface area contributed by atoms with Gasteiger partial charge in [-0.05, 0) is 83.9 Å². The molecular weight excluding hydrogens is 503 g/mol. The molecule has 1 aliphatic heterocycles. The second-order valence-corrected chi connectivity index (χ2v) is 9.69. The number of carboxylic acid groups (broad SMARTS) is 1. The number of aliphatic carboxylic acids is 1. The summed E-state index contributed by atoms with van der Waals surface area (Å²) in [4.78, 5) is 10.9. The summed E-state index contributed by atoms with van der Waals surface area (Å²) in [5.41, 5.74) is 5.16. The summed E-state index contributed by atoms with van der Waals surface area (Å²) in [5, 5.41) is 15.1. The van der Waals surface area contributed by atoms with Crippen molar-refractivity contribution in [1.82, 2.24) is 9.78 Å². The third-order valence-electron chi connectivity index (χ3n) is 6.85. The Morgan fingerprint density at radius 3 is 2.71 bits per heavy atom. The molecule has 7 heteroatoms. The Morgan fingerprint density at radius 2 is 2.00 bits per heavy atom. The van der Waals surface area contributed by atoms with Gasteiger partial charge in [0.25, 0.3) is 0 Å². The molecule has 0 spiro atoms. The van der Waals surface area contributed by atoms with E-state index >= 15 is 4.39 Å². The van der Waals surface area contributed by atoms with Crippen molar-refractivity contribution in [2.75, 3.05) is 6.61 Å². The molecule has 5 nitrogen and oxygen atoms in total. The lowest BCUT2D eigenvalue weighted by molar-refractivity contribution is -0.131. The van der Waals surface area contributed by atoms with Crippen molar-refractivity contribution in [3.8, 4) is 0 Å². The van der Waals surface area contributed by atoms with Crippen molar-refractivity contribution >= 4 is 45.7 Å². The Morgan fingerprint density at radius 1 is 1.16 bits per heavy atom. The van der Waals surface area contributed by atoms with Crippen molar-refractivity contribution < 1.29 is 19.0 Å². The zero-order chi connectivity index (χ0) is 26.6. The van der Waals surface area contributed by atoms with E-state index in [1.807, 2.05) is 60.3 Å². The van der Waals surface area contributed by atoms with Gasteiger partial charge < -0.3 is 9.84 Å². The molecule has 1 N–H and O–H groups in total. The number of halogens is 2. The first-order valence-electron chi connectivity index (χ1n) is 12.7. The van der Waals surface area contributed by atoms with Crippen LogP contribution in [-0.2, 0) is 9.53 Å². The highest BCUT2D eigenvalue weighted by molar-refractivity contribution is 6.32. The third-order valence-corrected chi connectivity index (χ3v) is 7.18. The minimum Gasteiger partial charge on any atom is -0.478 e. The number of allylic oxidation sites excluding steroid dienone is 1.